The maximum absolute atomic E-state index is 12.7. The van der Waals surface area contributed by atoms with Crippen molar-refractivity contribution in [3.63, 3.8) is 0 Å². The maximum Gasteiger partial charge on any atom is 0.321 e. The molecule has 10 nitrogen and oxygen atoms in total. The van der Waals surface area contributed by atoms with E-state index in [4.69, 9.17) is 9.47 Å². The van der Waals surface area contributed by atoms with E-state index in [0.29, 0.717) is 0 Å². The number of benzene rings is 2. The van der Waals surface area contributed by atoms with Gasteiger partial charge in [-0.3, -0.25) is 9.44 Å². The van der Waals surface area contributed by atoms with Crippen LogP contribution >= 0.6 is 0 Å². The van der Waals surface area contributed by atoms with Crippen LogP contribution in [-0.4, -0.2) is 41.0 Å². The Balaban J connectivity index is 1.80. The van der Waals surface area contributed by atoms with Gasteiger partial charge >= 0.3 is 6.01 Å². The Morgan fingerprint density at radius 2 is 1.34 bits per heavy atom. The predicted octanol–water partition coefficient (Wildman–Crippen LogP) is 2.71. The predicted molar refractivity (Wildman–Crippen MR) is 119 cm³/mol. The van der Waals surface area contributed by atoms with Crippen molar-refractivity contribution in [3.8, 4) is 11.9 Å². The summed E-state index contributed by atoms with van der Waals surface area (Å²) in [6.07, 6.45) is 0. The molecule has 12 heteroatoms. The second-order valence-corrected chi connectivity index (χ2v) is 10.1. The molecule has 0 atom stereocenters. The van der Waals surface area contributed by atoms with E-state index in [-0.39, 0.29) is 33.2 Å². The fourth-order valence-electron chi connectivity index (χ4n) is 2.65. The quantitative estimate of drug-likeness (QED) is 0.504. The number of rotatable bonds is 8. The van der Waals surface area contributed by atoms with Crippen molar-refractivity contribution in [2.75, 3.05) is 23.7 Å². The minimum atomic E-state index is -4.01. The molecule has 0 spiro atoms. The molecule has 0 unspecified atom stereocenters. The van der Waals surface area contributed by atoms with Crippen molar-refractivity contribution in [1.29, 1.82) is 0 Å². The molecule has 0 bridgehead atoms. The third-order valence-corrected chi connectivity index (χ3v) is 7.27. The topological polar surface area (TPSA) is 137 Å². The van der Waals surface area contributed by atoms with Crippen molar-refractivity contribution >= 4 is 31.6 Å². The molecule has 0 saturated heterocycles. The van der Waals surface area contributed by atoms with Gasteiger partial charge in [0.1, 0.15) is 0 Å². The number of nitrogens with one attached hydrogen (secondary N) is 2. The highest BCUT2D eigenvalue weighted by atomic mass is 32.2. The lowest BCUT2D eigenvalue weighted by Crippen LogP contribution is -2.15. The summed E-state index contributed by atoms with van der Waals surface area (Å²) in [6, 6.07) is 11.3. The van der Waals surface area contributed by atoms with Crippen molar-refractivity contribution in [1.82, 2.24) is 9.97 Å². The Hall–Kier alpha value is -3.38. The molecule has 0 saturated carbocycles. The maximum atomic E-state index is 12.7. The lowest BCUT2D eigenvalue weighted by Gasteiger charge is -2.12. The smallest absolute Gasteiger partial charge is 0.321 e. The molecule has 1 heterocycles. The summed E-state index contributed by atoms with van der Waals surface area (Å²) in [5, 5.41) is 0. The SMILES string of the molecule is COc1cc(NS(=O)(=O)c2ccc(NS(=O)(=O)c3ccc(C)c(C)c3)cc2)nc(OC)n1. The third-order valence-electron chi connectivity index (χ3n) is 4.52. The Labute approximate surface area is 186 Å². The number of aromatic nitrogens is 2. The van der Waals surface area contributed by atoms with Crippen LogP contribution in [0.3, 0.4) is 0 Å². The Kier molecular flexibility index (Phi) is 6.55. The van der Waals surface area contributed by atoms with Crippen molar-refractivity contribution in [2.24, 2.45) is 0 Å². The standard InChI is InChI=1S/C20H22N4O6S2/c1-13-5-8-17(11-14(13)2)32(27,28)23-15-6-9-16(10-7-15)31(25,26)24-18-12-19(29-3)22-20(21-18)30-4/h5-12,23H,1-4H3,(H,21,22,24). The van der Waals surface area contributed by atoms with E-state index in [0.717, 1.165) is 11.1 Å². The van der Waals surface area contributed by atoms with Crippen LogP contribution in [0, 0.1) is 13.8 Å². The second kappa shape index (κ2) is 9.01. The highest BCUT2D eigenvalue weighted by molar-refractivity contribution is 7.93. The monoisotopic (exact) mass is 478 g/mol. The minimum absolute atomic E-state index is 0.0479. The molecule has 170 valence electrons. The zero-order chi connectivity index (χ0) is 23.5. The summed E-state index contributed by atoms with van der Waals surface area (Å²) in [7, 11) is -5.13. The summed E-state index contributed by atoms with van der Waals surface area (Å²) in [5.41, 5.74) is 2.04. The van der Waals surface area contributed by atoms with Crippen molar-refractivity contribution < 1.29 is 26.3 Å². The normalized spacial score (nSPS) is 11.6. The van der Waals surface area contributed by atoms with Crippen molar-refractivity contribution in [2.45, 2.75) is 23.6 Å². The summed E-state index contributed by atoms with van der Waals surface area (Å²) in [4.78, 5) is 7.85. The van der Waals surface area contributed by atoms with E-state index in [9.17, 15) is 16.8 Å². The number of hydrogen-bond donors (Lipinski definition) is 2. The first kappa shape index (κ1) is 23.3. The molecular weight excluding hydrogens is 456 g/mol. The van der Waals surface area contributed by atoms with Crippen LogP contribution in [0.5, 0.6) is 11.9 Å². The van der Waals surface area contributed by atoms with Gasteiger partial charge in [0.05, 0.1) is 24.0 Å². The fourth-order valence-corrected chi connectivity index (χ4v) is 4.78. The summed E-state index contributed by atoms with van der Waals surface area (Å²) in [5.74, 6) is 0.0684. The summed E-state index contributed by atoms with van der Waals surface area (Å²) in [6.45, 7) is 3.71. The minimum Gasteiger partial charge on any atom is -0.481 e. The van der Waals surface area contributed by atoms with Gasteiger partial charge in [0.2, 0.25) is 5.88 Å². The highest BCUT2D eigenvalue weighted by Crippen LogP contribution is 2.23. The molecular formula is C20H22N4O6S2. The van der Waals surface area contributed by atoms with E-state index >= 15 is 0 Å². The van der Waals surface area contributed by atoms with Crippen LogP contribution in [0.4, 0.5) is 11.5 Å². The lowest BCUT2D eigenvalue weighted by molar-refractivity contribution is 0.353. The number of hydrogen-bond acceptors (Lipinski definition) is 8. The van der Waals surface area contributed by atoms with Gasteiger partial charge in [-0.05, 0) is 61.4 Å². The molecule has 32 heavy (non-hydrogen) atoms. The molecule has 0 radical (unpaired) electrons. The first-order valence-corrected chi connectivity index (χ1v) is 12.2. The van der Waals surface area contributed by atoms with E-state index in [2.05, 4.69) is 19.4 Å². The molecule has 2 aromatic carbocycles. The van der Waals surface area contributed by atoms with E-state index < -0.39 is 20.0 Å². The number of aryl methyl sites for hydroxylation is 2. The fraction of sp³-hybridized carbons (Fsp3) is 0.200. The molecule has 0 aliphatic carbocycles. The molecule has 0 aliphatic rings. The van der Waals surface area contributed by atoms with E-state index in [1.165, 1.54) is 50.6 Å². The number of sulfonamides is 2. The summed E-state index contributed by atoms with van der Waals surface area (Å²) < 4.78 is 65.3. The number of anilines is 2. The van der Waals surface area contributed by atoms with E-state index in [1.807, 2.05) is 13.8 Å². The number of ether oxygens (including phenoxy) is 2. The van der Waals surface area contributed by atoms with Crippen LogP contribution in [0.1, 0.15) is 11.1 Å². The molecule has 3 rings (SSSR count). The second-order valence-electron chi connectivity index (χ2n) is 6.76. The van der Waals surface area contributed by atoms with Crippen LogP contribution in [-0.2, 0) is 20.0 Å². The first-order valence-electron chi connectivity index (χ1n) is 9.24. The first-order chi connectivity index (χ1) is 15.0. The van der Waals surface area contributed by atoms with Gasteiger partial charge in [-0.25, -0.2) is 16.8 Å². The highest BCUT2D eigenvalue weighted by Gasteiger charge is 2.19. The van der Waals surface area contributed by atoms with Gasteiger partial charge in [-0.1, -0.05) is 6.07 Å². The third kappa shape index (κ3) is 5.26. The van der Waals surface area contributed by atoms with Gasteiger partial charge in [0.15, 0.2) is 5.82 Å². The average molecular weight is 479 g/mol. The molecule has 2 N–H and O–H groups in total. The van der Waals surface area contributed by atoms with Crippen LogP contribution in [0.15, 0.2) is 58.3 Å². The Bertz CT molecular complexity index is 1320. The van der Waals surface area contributed by atoms with Crippen LogP contribution in [0.25, 0.3) is 0 Å². The summed E-state index contributed by atoms with van der Waals surface area (Å²) >= 11 is 0. The van der Waals surface area contributed by atoms with Gasteiger partial charge in [0.25, 0.3) is 20.0 Å². The molecule has 0 aliphatic heterocycles. The molecule has 1 aromatic heterocycles. The van der Waals surface area contributed by atoms with Gasteiger partial charge in [0, 0.05) is 11.8 Å². The molecule has 0 amide bonds. The molecule has 3 aromatic rings. The lowest BCUT2D eigenvalue weighted by atomic mass is 10.1. The largest absolute Gasteiger partial charge is 0.481 e. The zero-order valence-electron chi connectivity index (χ0n) is 17.8. The Morgan fingerprint density at radius 3 is 1.94 bits per heavy atom. The van der Waals surface area contributed by atoms with Crippen LogP contribution in [0.2, 0.25) is 0 Å². The molecule has 0 fully saturated rings. The van der Waals surface area contributed by atoms with Crippen LogP contribution < -0.4 is 18.9 Å². The van der Waals surface area contributed by atoms with Gasteiger partial charge < -0.3 is 9.47 Å². The van der Waals surface area contributed by atoms with Gasteiger partial charge in [-0.2, -0.15) is 9.97 Å². The zero-order valence-corrected chi connectivity index (χ0v) is 19.4. The van der Waals surface area contributed by atoms with Gasteiger partial charge in [-0.15, -0.1) is 0 Å². The number of nitrogens with zero attached hydrogens (tertiary/aromatic N) is 2. The number of methoxy groups -OCH3 is 2. The van der Waals surface area contributed by atoms with E-state index in [1.54, 1.807) is 12.1 Å². The Morgan fingerprint density at radius 1 is 0.719 bits per heavy atom. The average Bonchev–Trinajstić information content (AvgIpc) is 2.75. The van der Waals surface area contributed by atoms with Crippen molar-refractivity contribution in [3.05, 3.63) is 59.7 Å².